The highest BCUT2D eigenvalue weighted by Gasteiger charge is 2.46. The molecule has 0 unspecified atom stereocenters. The molecule has 1 heterocycles. The summed E-state index contributed by atoms with van der Waals surface area (Å²) < 4.78 is 5.50. The second-order valence-corrected chi connectivity index (χ2v) is 4.13. The third-order valence-electron chi connectivity index (χ3n) is 3.35. The highest BCUT2D eigenvalue weighted by atomic mass is 16.6. The van der Waals surface area contributed by atoms with Crippen LogP contribution in [0.5, 0.6) is 0 Å². The Bertz CT molecular complexity index is 397. The molecule has 0 N–H and O–H groups in total. The van der Waals surface area contributed by atoms with E-state index in [1.807, 2.05) is 6.07 Å². The van der Waals surface area contributed by atoms with Crippen molar-refractivity contribution in [2.45, 2.75) is 31.3 Å². The van der Waals surface area contributed by atoms with Crippen LogP contribution in [0.2, 0.25) is 0 Å². The Hall–Kier alpha value is -1.31. The molecule has 0 amide bonds. The fourth-order valence-corrected chi connectivity index (χ4v) is 2.64. The van der Waals surface area contributed by atoms with Crippen molar-refractivity contribution in [1.29, 1.82) is 0 Å². The van der Waals surface area contributed by atoms with Gasteiger partial charge in [-0.2, -0.15) is 0 Å². The molecule has 2 heteroatoms. The lowest BCUT2D eigenvalue weighted by atomic mass is 9.93. The molecule has 1 aromatic carbocycles. The molecule has 1 spiro atoms. The van der Waals surface area contributed by atoms with Crippen molar-refractivity contribution in [3.05, 3.63) is 35.4 Å². The summed E-state index contributed by atoms with van der Waals surface area (Å²) in [4.78, 5) is 11.2. The maximum Gasteiger partial charge on any atom is 0.306 e. The van der Waals surface area contributed by atoms with Gasteiger partial charge in [0.05, 0.1) is 0 Å². The number of carbonyl (C=O) groups excluding carboxylic acids is 1. The Morgan fingerprint density at radius 1 is 1.14 bits per heavy atom. The predicted molar refractivity (Wildman–Crippen MR) is 51.8 cm³/mol. The lowest BCUT2D eigenvalue weighted by Crippen LogP contribution is -2.21. The van der Waals surface area contributed by atoms with E-state index in [1.165, 1.54) is 11.1 Å². The largest absolute Gasteiger partial charge is 0.454 e. The SMILES string of the molecule is O=C1CC[C@]2(CCc3ccccc32)O1. The first kappa shape index (κ1) is 8.04. The number of benzene rings is 1. The summed E-state index contributed by atoms with van der Waals surface area (Å²) in [6, 6.07) is 8.31. The van der Waals surface area contributed by atoms with E-state index in [9.17, 15) is 4.79 Å². The van der Waals surface area contributed by atoms with E-state index in [0.29, 0.717) is 6.42 Å². The van der Waals surface area contributed by atoms with Gasteiger partial charge < -0.3 is 4.74 Å². The van der Waals surface area contributed by atoms with Gasteiger partial charge in [0.25, 0.3) is 0 Å². The summed E-state index contributed by atoms with van der Waals surface area (Å²) >= 11 is 0. The molecule has 1 aliphatic carbocycles. The highest BCUT2D eigenvalue weighted by Crippen LogP contribution is 2.46. The van der Waals surface area contributed by atoms with Crippen LogP contribution in [-0.4, -0.2) is 5.97 Å². The van der Waals surface area contributed by atoms with E-state index in [4.69, 9.17) is 4.74 Å². The van der Waals surface area contributed by atoms with Gasteiger partial charge in [-0.05, 0) is 24.0 Å². The smallest absolute Gasteiger partial charge is 0.306 e. The monoisotopic (exact) mass is 188 g/mol. The van der Waals surface area contributed by atoms with Crippen molar-refractivity contribution < 1.29 is 9.53 Å². The van der Waals surface area contributed by atoms with Gasteiger partial charge in [0.1, 0.15) is 5.60 Å². The Kier molecular flexibility index (Phi) is 1.49. The average molecular weight is 188 g/mol. The average Bonchev–Trinajstić information content (AvgIpc) is 2.75. The topological polar surface area (TPSA) is 26.3 Å². The van der Waals surface area contributed by atoms with Crippen molar-refractivity contribution in [3.8, 4) is 0 Å². The number of carbonyl (C=O) groups is 1. The lowest BCUT2D eigenvalue weighted by molar-refractivity contribution is -0.149. The minimum absolute atomic E-state index is 0.0401. The van der Waals surface area contributed by atoms with Crippen LogP contribution in [0.15, 0.2) is 24.3 Å². The van der Waals surface area contributed by atoms with Gasteiger partial charge in [0, 0.05) is 12.8 Å². The van der Waals surface area contributed by atoms with Gasteiger partial charge in [-0.15, -0.1) is 0 Å². The minimum Gasteiger partial charge on any atom is -0.454 e. The molecule has 14 heavy (non-hydrogen) atoms. The molecular formula is C12H12O2. The fourth-order valence-electron chi connectivity index (χ4n) is 2.64. The summed E-state index contributed by atoms with van der Waals surface area (Å²) in [7, 11) is 0. The van der Waals surface area contributed by atoms with Crippen LogP contribution in [0.25, 0.3) is 0 Å². The van der Waals surface area contributed by atoms with Crippen molar-refractivity contribution in [2.24, 2.45) is 0 Å². The standard InChI is InChI=1S/C12H12O2/c13-11-6-8-12(14-11)7-5-9-3-1-2-4-10(9)12/h1-4H,5-8H2/t12-/m0/s1. The molecular weight excluding hydrogens is 176 g/mol. The Balaban J connectivity index is 2.09. The molecule has 1 fully saturated rings. The van der Waals surface area contributed by atoms with E-state index < -0.39 is 0 Å². The van der Waals surface area contributed by atoms with Crippen molar-refractivity contribution in [2.75, 3.05) is 0 Å². The molecule has 0 saturated carbocycles. The first-order valence-corrected chi connectivity index (χ1v) is 5.10. The molecule has 0 bridgehead atoms. The van der Waals surface area contributed by atoms with Gasteiger partial charge in [-0.3, -0.25) is 4.79 Å². The number of esters is 1. The van der Waals surface area contributed by atoms with Crippen molar-refractivity contribution in [1.82, 2.24) is 0 Å². The quantitative estimate of drug-likeness (QED) is 0.583. The van der Waals surface area contributed by atoms with Crippen LogP contribution in [0.1, 0.15) is 30.4 Å². The summed E-state index contributed by atoms with van der Waals surface area (Å²) in [5.74, 6) is -0.0401. The van der Waals surface area contributed by atoms with Gasteiger partial charge in [0.2, 0.25) is 0 Å². The van der Waals surface area contributed by atoms with E-state index in [0.717, 1.165) is 19.3 Å². The van der Waals surface area contributed by atoms with Gasteiger partial charge in [-0.25, -0.2) is 0 Å². The highest BCUT2D eigenvalue weighted by molar-refractivity contribution is 5.73. The van der Waals surface area contributed by atoms with E-state index in [2.05, 4.69) is 18.2 Å². The first-order valence-electron chi connectivity index (χ1n) is 5.10. The third-order valence-corrected chi connectivity index (χ3v) is 3.35. The van der Waals surface area contributed by atoms with Crippen LogP contribution in [-0.2, 0) is 21.6 Å². The van der Waals surface area contributed by atoms with Crippen molar-refractivity contribution >= 4 is 5.97 Å². The number of fused-ring (bicyclic) bond motifs is 2. The fraction of sp³-hybridized carbons (Fsp3) is 0.417. The molecule has 3 rings (SSSR count). The molecule has 72 valence electrons. The number of ether oxygens (including phenoxy) is 1. The Morgan fingerprint density at radius 3 is 2.71 bits per heavy atom. The van der Waals surface area contributed by atoms with E-state index in [-0.39, 0.29) is 11.6 Å². The van der Waals surface area contributed by atoms with Crippen LogP contribution < -0.4 is 0 Å². The van der Waals surface area contributed by atoms with Crippen LogP contribution in [0.3, 0.4) is 0 Å². The molecule has 1 aromatic rings. The number of aryl methyl sites for hydroxylation is 1. The third kappa shape index (κ3) is 0.939. The molecule has 2 nitrogen and oxygen atoms in total. The van der Waals surface area contributed by atoms with Crippen LogP contribution in [0.4, 0.5) is 0 Å². The zero-order valence-electron chi connectivity index (χ0n) is 7.95. The molecule has 1 saturated heterocycles. The predicted octanol–water partition coefficient (Wildman–Crippen LogP) is 2.17. The van der Waals surface area contributed by atoms with Gasteiger partial charge in [0.15, 0.2) is 0 Å². The summed E-state index contributed by atoms with van der Waals surface area (Å²) in [6.07, 6.45) is 3.46. The maximum absolute atomic E-state index is 11.2. The first-order chi connectivity index (χ1) is 6.80. The van der Waals surface area contributed by atoms with Gasteiger partial charge >= 0.3 is 5.97 Å². The summed E-state index contributed by atoms with van der Waals surface area (Å²) in [5.41, 5.74) is 2.33. The maximum atomic E-state index is 11.2. The molecule has 0 radical (unpaired) electrons. The summed E-state index contributed by atoms with van der Waals surface area (Å²) in [5, 5.41) is 0. The Morgan fingerprint density at radius 2 is 1.93 bits per heavy atom. The lowest BCUT2D eigenvalue weighted by Gasteiger charge is -2.22. The number of rotatable bonds is 0. The van der Waals surface area contributed by atoms with E-state index in [1.54, 1.807) is 0 Å². The zero-order chi connectivity index (χ0) is 9.60. The molecule has 0 aromatic heterocycles. The minimum atomic E-state index is -0.256. The second-order valence-electron chi connectivity index (χ2n) is 4.13. The van der Waals surface area contributed by atoms with Crippen molar-refractivity contribution in [3.63, 3.8) is 0 Å². The normalized spacial score (nSPS) is 29.3. The van der Waals surface area contributed by atoms with Crippen LogP contribution in [0, 0.1) is 0 Å². The van der Waals surface area contributed by atoms with Crippen LogP contribution >= 0.6 is 0 Å². The Labute approximate surface area is 82.9 Å². The van der Waals surface area contributed by atoms with Gasteiger partial charge in [-0.1, -0.05) is 24.3 Å². The second kappa shape index (κ2) is 2.59. The molecule has 2 aliphatic rings. The number of hydrogen-bond donors (Lipinski definition) is 0. The number of hydrogen-bond acceptors (Lipinski definition) is 2. The molecule has 1 aliphatic heterocycles. The molecule has 1 atom stereocenters. The zero-order valence-corrected chi connectivity index (χ0v) is 7.95. The summed E-state index contributed by atoms with van der Waals surface area (Å²) in [6.45, 7) is 0. The van der Waals surface area contributed by atoms with E-state index >= 15 is 0 Å².